The summed E-state index contributed by atoms with van der Waals surface area (Å²) in [6, 6.07) is -0.292. The molecule has 0 unspecified atom stereocenters. The standard InChI is InChI=1S/C6H11NO2.ClH/c1-4-2-5(6(8)9)7-3-4;/h4-5,7H,2-3H2,1H3,(H,8,9);1H/t4-,5+;/m1./s1. The number of carboxylic acid groups (broad SMARTS) is 1. The van der Waals surface area contributed by atoms with E-state index in [0.29, 0.717) is 5.92 Å². The molecule has 0 aliphatic carbocycles. The van der Waals surface area contributed by atoms with Crippen molar-refractivity contribution < 1.29 is 9.90 Å². The predicted octanol–water partition coefficient (Wildman–Crippen LogP) is 0.491. The highest BCUT2D eigenvalue weighted by Crippen LogP contribution is 2.11. The van der Waals surface area contributed by atoms with E-state index in [0.717, 1.165) is 13.0 Å². The van der Waals surface area contributed by atoms with Crippen molar-refractivity contribution in [3.8, 4) is 0 Å². The van der Waals surface area contributed by atoms with Gasteiger partial charge in [-0.2, -0.15) is 0 Å². The molecule has 0 aromatic rings. The molecule has 1 saturated heterocycles. The molecule has 1 heterocycles. The summed E-state index contributed by atoms with van der Waals surface area (Å²) >= 11 is 0. The van der Waals surface area contributed by atoms with Gasteiger partial charge in [0, 0.05) is 0 Å². The lowest BCUT2D eigenvalue weighted by Crippen LogP contribution is -2.29. The molecule has 2 atom stereocenters. The average Bonchev–Trinajstić information content (AvgIpc) is 2.14. The van der Waals surface area contributed by atoms with Crippen molar-refractivity contribution in [2.75, 3.05) is 6.54 Å². The Labute approximate surface area is 66.2 Å². The molecular formula is C6H12ClNO2. The Bertz CT molecular complexity index is 129. The highest BCUT2D eigenvalue weighted by molar-refractivity contribution is 5.85. The van der Waals surface area contributed by atoms with E-state index in [-0.39, 0.29) is 18.4 Å². The molecule has 10 heavy (non-hydrogen) atoms. The average molecular weight is 166 g/mol. The Hall–Kier alpha value is -0.280. The molecule has 1 aliphatic rings. The van der Waals surface area contributed by atoms with E-state index in [1.807, 2.05) is 0 Å². The molecule has 0 bridgehead atoms. The zero-order chi connectivity index (χ0) is 6.85. The SMILES string of the molecule is C[C@H]1CN[C@H](C(=O)O)C1.Cl. The van der Waals surface area contributed by atoms with Crippen molar-refractivity contribution in [2.24, 2.45) is 5.92 Å². The normalized spacial score (nSPS) is 31.3. The molecule has 1 fully saturated rings. The van der Waals surface area contributed by atoms with Crippen molar-refractivity contribution in [3.63, 3.8) is 0 Å². The number of aliphatic carboxylic acids is 1. The van der Waals surface area contributed by atoms with Gasteiger partial charge in [-0.15, -0.1) is 12.4 Å². The molecule has 0 spiro atoms. The first-order valence-corrected chi connectivity index (χ1v) is 3.16. The van der Waals surface area contributed by atoms with Crippen molar-refractivity contribution in [2.45, 2.75) is 19.4 Å². The van der Waals surface area contributed by atoms with Gasteiger partial charge in [-0.3, -0.25) is 4.79 Å². The van der Waals surface area contributed by atoms with E-state index in [1.165, 1.54) is 0 Å². The van der Waals surface area contributed by atoms with Gasteiger partial charge in [-0.1, -0.05) is 6.92 Å². The molecule has 2 N–H and O–H groups in total. The zero-order valence-electron chi connectivity index (χ0n) is 5.83. The molecule has 4 heteroatoms. The van der Waals surface area contributed by atoms with Gasteiger partial charge in [0.15, 0.2) is 0 Å². The summed E-state index contributed by atoms with van der Waals surface area (Å²) in [7, 11) is 0. The summed E-state index contributed by atoms with van der Waals surface area (Å²) in [4.78, 5) is 10.3. The molecule has 1 aliphatic heterocycles. The smallest absolute Gasteiger partial charge is 0.320 e. The Morgan fingerprint density at radius 1 is 1.70 bits per heavy atom. The van der Waals surface area contributed by atoms with Crippen LogP contribution in [0.1, 0.15) is 13.3 Å². The molecule has 0 aromatic carbocycles. The fourth-order valence-corrected chi connectivity index (χ4v) is 1.10. The van der Waals surface area contributed by atoms with Crippen molar-refractivity contribution in [3.05, 3.63) is 0 Å². The van der Waals surface area contributed by atoms with Crippen LogP contribution in [0.2, 0.25) is 0 Å². The maximum absolute atomic E-state index is 10.3. The third kappa shape index (κ3) is 2.15. The van der Waals surface area contributed by atoms with Crippen LogP contribution in [0.4, 0.5) is 0 Å². The number of nitrogens with one attached hydrogen (secondary N) is 1. The number of hydrogen-bond acceptors (Lipinski definition) is 2. The van der Waals surface area contributed by atoms with E-state index >= 15 is 0 Å². The summed E-state index contributed by atoms with van der Waals surface area (Å²) in [5, 5.41) is 11.4. The molecule has 0 aromatic heterocycles. The number of halogens is 1. The second kappa shape index (κ2) is 3.78. The molecule has 0 radical (unpaired) electrons. The Morgan fingerprint density at radius 3 is 2.50 bits per heavy atom. The lowest BCUT2D eigenvalue weighted by Gasteiger charge is -2.00. The van der Waals surface area contributed by atoms with Crippen LogP contribution in [0, 0.1) is 5.92 Å². The highest BCUT2D eigenvalue weighted by atomic mass is 35.5. The van der Waals surface area contributed by atoms with Crippen LogP contribution in [0.5, 0.6) is 0 Å². The van der Waals surface area contributed by atoms with Crippen molar-refractivity contribution in [1.29, 1.82) is 0 Å². The summed E-state index contributed by atoms with van der Waals surface area (Å²) in [6.45, 7) is 2.90. The van der Waals surface area contributed by atoms with Crippen LogP contribution in [0.15, 0.2) is 0 Å². The van der Waals surface area contributed by atoms with E-state index < -0.39 is 5.97 Å². The zero-order valence-corrected chi connectivity index (χ0v) is 6.65. The van der Waals surface area contributed by atoms with E-state index in [9.17, 15) is 4.79 Å². The number of rotatable bonds is 1. The minimum absolute atomic E-state index is 0. The van der Waals surface area contributed by atoms with Crippen molar-refractivity contribution >= 4 is 18.4 Å². The van der Waals surface area contributed by atoms with E-state index in [2.05, 4.69) is 12.2 Å². The molecule has 0 saturated carbocycles. The molecule has 60 valence electrons. The van der Waals surface area contributed by atoms with Gasteiger partial charge in [-0.25, -0.2) is 0 Å². The van der Waals surface area contributed by atoms with Gasteiger partial charge in [-0.05, 0) is 18.9 Å². The van der Waals surface area contributed by atoms with E-state index in [4.69, 9.17) is 5.11 Å². The summed E-state index contributed by atoms with van der Waals surface area (Å²) < 4.78 is 0. The predicted molar refractivity (Wildman–Crippen MR) is 40.5 cm³/mol. The maximum Gasteiger partial charge on any atom is 0.320 e. The molecule has 0 amide bonds. The second-order valence-corrected chi connectivity index (χ2v) is 2.64. The van der Waals surface area contributed by atoms with E-state index in [1.54, 1.807) is 0 Å². The second-order valence-electron chi connectivity index (χ2n) is 2.64. The number of hydrogen-bond donors (Lipinski definition) is 2. The van der Waals surface area contributed by atoms with Crippen LogP contribution in [0.3, 0.4) is 0 Å². The quantitative estimate of drug-likeness (QED) is 0.595. The summed E-state index contributed by atoms with van der Waals surface area (Å²) in [5.41, 5.74) is 0. The number of carboxylic acids is 1. The monoisotopic (exact) mass is 165 g/mol. The summed E-state index contributed by atoms with van der Waals surface area (Å²) in [6.07, 6.45) is 0.773. The summed E-state index contributed by atoms with van der Waals surface area (Å²) in [5.74, 6) is -0.203. The largest absolute Gasteiger partial charge is 0.480 e. The van der Waals surface area contributed by atoms with Gasteiger partial charge in [0.2, 0.25) is 0 Å². The Kier molecular flexibility index (Phi) is 3.68. The van der Waals surface area contributed by atoms with Gasteiger partial charge in [0.1, 0.15) is 6.04 Å². The van der Waals surface area contributed by atoms with Gasteiger partial charge in [0.25, 0.3) is 0 Å². The topological polar surface area (TPSA) is 49.3 Å². The lowest BCUT2D eigenvalue weighted by molar-refractivity contribution is -0.139. The van der Waals surface area contributed by atoms with Gasteiger partial charge < -0.3 is 10.4 Å². The first kappa shape index (κ1) is 9.72. The van der Waals surface area contributed by atoms with Crippen molar-refractivity contribution in [1.82, 2.24) is 5.32 Å². The first-order valence-electron chi connectivity index (χ1n) is 3.16. The molecular weight excluding hydrogens is 154 g/mol. The fraction of sp³-hybridized carbons (Fsp3) is 0.833. The van der Waals surface area contributed by atoms with Gasteiger partial charge in [0.05, 0.1) is 0 Å². The first-order chi connectivity index (χ1) is 4.20. The minimum atomic E-state index is -0.723. The third-order valence-electron chi connectivity index (χ3n) is 1.65. The lowest BCUT2D eigenvalue weighted by atomic mass is 10.1. The van der Waals surface area contributed by atoms with Gasteiger partial charge >= 0.3 is 5.97 Å². The van der Waals surface area contributed by atoms with Crippen LogP contribution < -0.4 is 5.32 Å². The maximum atomic E-state index is 10.3. The fourth-order valence-electron chi connectivity index (χ4n) is 1.10. The minimum Gasteiger partial charge on any atom is -0.480 e. The van der Waals surface area contributed by atoms with Crippen LogP contribution in [0.25, 0.3) is 0 Å². The Balaban J connectivity index is 0.000000810. The Morgan fingerprint density at radius 2 is 2.30 bits per heavy atom. The molecule has 1 rings (SSSR count). The highest BCUT2D eigenvalue weighted by Gasteiger charge is 2.25. The number of carbonyl (C=O) groups is 1. The van der Waals surface area contributed by atoms with Crippen LogP contribution >= 0.6 is 12.4 Å². The third-order valence-corrected chi connectivity index (χ3v) is 1.65. The van der Waals surface area contributed by atoms with Crippen LogP contribution in [-0.4, -0.2) is 23.7 Å². The molecule has 3 nitrogen and oxygen atoms in total. The van der Waals surface area contributed by atoms with Crippen LogP contribution in [-0.2, 0) is 4.79 Å².